The Labute approximate surface area is 221 Å². The van der Waals surface area contributed by atoms with Gasteiger partial charge in [0, 0.05) is 42.9 Å². The third kappa shape index (κ3) is 4.56. The SMILES string of the molecule is COc1cc(OC)c2c(c1)OCCC1=C2NC(c2ccc(F)cc2)=NC1c1ccc(N2CCOCC2)cc1. The zero-order valence-corrected chi connectivity index (χ0v) is 21.5. The Bertz CT molecular complexity index is 1380. The maximum atomic E-state index is 13.8. The highest BCUT2D eigenvalue weighted by Crippen LogP contribution is 2.46. The van der Waals surface area contributed by atoms with Crippen LogP contribution in [0, 0.1) is 5.82 Å². The fourth-order valence-corrected chi connectivity index (χ4v) is 5.25. The number of benzene rings is 3. The van der Waals surface area contributed by atoms with Gasteiger partial charge in [0.1, 0.15) is 34.9 Å². The standard InChI is InChI=1S/C30H30FN3O4/c1-35-23-17-25(36-2)27-26(18-23)38-14-11-24-28(19-5-9-22(10-6-19)34-12-15-37-16-13-34)32-30(33-29(24)27)20-3-7-21(31)8-4-20/h3-10,17-18,28H,11-16H2,1-2H3,(H,32,33). The molecule has 8 heteroatoms. The first-order chi connectivity index (χ1) is 18.6. The predicted molar refractivity (Wildman–Crippen MR) is 145 cm³/mol. The van der Waals surface area contributed by atoms with Crippen LogP contribution in [0.5, 0.6) is 17.2 Å². The highest BCUT2D eigenvalue weighted by molar-refractivity contribution is 6.06. The van der Waals surface area contributed by atoms with Gasteiger partial charge in [0.2, 0.25) is 0 Å². The molecule has 0 bridgehead atoms. The molecular weight excluding hydrogens is 485 g/mol. The quantitative estimate of drug-likeness (QED) is 0.518. The Morgan fingerprint density at radius 1 is 0.947 bits per heavy atom. The second kappa shape index (κ2) is 10.4. The number of rotatable bonds is 5. The van der Waals surface area contributed by atoms with Gasteiger partial charge in [-0.1, -0.05) is 12.1 Å². The number of nitrogens with zero attached hydrogens (tertiary/aromatic N) is 2. The van der Waals surface area contributed by atoms with Crippen molar-refractivity contribution in [2.45, 2.75) is 12.5 Å². The molecule has 0 radical (unpaired) electrons. The summed E-state index contributed by atoms with van der Waals surface area (Å²) >= 11 is 0. The van der Waals surface area contributed by atoms with Gasteiger partial charge in [-0.15, -0.1) is 0 Å². The van der Waals surface area contributed by atoms with Crippen molar-refractivity contribution in [2.24, 2.45) is 4.99 Å². The minimum atomic E-state index is -0.290. The topological polar surface area (TPSA) is 64.5 Å². The summed E-state index contributed by atoms with van der Waals surface area (Å²) in [4.78, 5) is 7.49. The number of hydrogen-bond donors (Lipinski definition) is 1. The van der Waals surface area contributed by atoms with Crippen molar-refractivity contribution in [3.8, 4) is 17.2 Å². The Morgan fingerprint density at radius 2 is 1.71 bits per heavy atom. The Kier molecular flexibility index (Phi) is 6.64. The third-order valence-corrected chi connectivity index (χ3v) is 7.23. The minimum Gasteiger partial charge on any atom is -0.496 e. The molecule has 0 amide bonds. The van der Waals surface area contributed by atoms with Crippen LogP contribution in [0.1, 0.15) is 29.2 Å². The van der Waals surface area contributed by atoms with E-state index in [1.54, 1.807) is 26.4 Å². The second-order valence-corrected chi connectivity index (χ2v) is 9.40. The molecule has 0 aliphatic carbocycles. The van der Waals surface area contributed by atoms with Gasteiger partial charge in [-0.3, -0.25) is 4.99 Å². The van der Waals surface area contributed by atoms with Crippen molar-refractivity contribution in [3.63, 3.8) is 0 Å². The monoisotopic (exact) mass is 515 g/mol. The largest absolute Gasteiger partial charge is 0.496 e. The summed E-state index contributed by atoms with van der Waals surface area (Å²) in [7, 11) is 3.26. The number of morpholine rings is 1. The molecule has 38 heavy (non-hydrogen) atoms. The molecule has 1 fully saturated rings. The lowest BCUT2D eigenvalue weighted by Crippen LogP contribution is -2.36. The van der Waals surface area contributed by atoms with Crippen molar-refractivity contribution in [3.05, 3.63) is 88.7 Å². The lowest BCUT2D eigenvalue weighted by molar-refractivity contribution is 0.122. The van der Waals surface area contributed by atoms with E-state index in [9.17, 15) is 4.39 Å². The van der Waals surface area contributed by atoms with E-state index in [2.05, 4.69) is 34.5 Å². The molecule has 3 aliphatic heterocycles. The molecule has 7 nitrogen and oxygen atoms in total. The van der Waals surface area contributed by atoms with Crippen LogP contribution in [0.3, 0.4) is 0 Å². The van der Waals surface area contributed by atoms with E-state index in [-0.39, 0.29) is 11.9 Å². The number of aliphatic imine (C=N–C) groups is 1. The molecule has 3 aromatic carbocycles. The molecule has 3 heterocycles. The predicted octanol–water partition coefficient (Wildman–Crippen LogP) is 4.96. The van der Waals surface area contributed by atoms with Crippen LogP contribution in [0.2, 0.25) is 0 Å². The van der Waals surface area contributed by atoms with E-state index >= 15 is 0 Å². The summed E-state index contributed by atoms with van der Waals surface area (Å²) in [6.45, 7) is 3.74. The fraction of sp³-hybridized carbons (Fsp3) is 0.300. The van der Waals surface area contributed by atoms with Crippen LogP contribution in [0.25, 0.3) is 5.70 Å². The Morgan fingerprint density at radius 3 is 2.42 bits per heavy atom. The number of nitrogens with one attached hydrogen (secondary N) is 1. The average Bonchev–Trinajstić information content (AvgIpc) is 3.16. The normalized spacial score (nSPS) is 18.9. The molecule has 1 atom stereocenters. The maximum Gasteiger partial charge on any atom is 0.136 e. The average molecular weight is 516 g/mol. The maximum absolute atomic E-state index is 13.8. The molecule has 0 spiro atoms. The molecule has 1 N–H and O–H groups in total. The molecule has 0 aromatic heterocycles. The highest BCUT2D eigenvalue weighted by atomic mass is 19.1. The number of anilines is 1. The summed E-state index contributed by atoms with van der Waals surface area (Å²) in [6, 6.07) is 18.5. The van der Waals surface area contributed by atoms with Crippen LogP contribution >= 0.6 is 0 Å². The summed E-state index contributed by atoms with van der Waals surface area (Å²) in [5, 5.41) is 3.55. The van der Waals surface area contributed by atoms with E-state index in [4.69, 9.17) is 23.9 Å². The summed E-state index contributed by atoms with van der Waals surface area (Å²) in [6.07, 6.45) is 0.679. The zero-order valence-electron chi connectivity index (χ0n) is 21.5. The van der Waals surface area contributed by atoms with Crippen LogP contribution in [0.4, 0.5) is 10.1 Å². The number of fused-ring (bicyclic) bond motifs is 2. The Hall–Kier alpha value is -4.04. The molecule has 1 unspecified atom stereocenters. The van der Waals surface area contributed by atoms with Crippen molar-refractivity contribution < 1.29 is 23.3 Å². The molecule has 0 saturated carbocycles. The first-order valence-corrected chi connectivity index (χ1v) is 12.8. The van der Waals surface area contributed by atoms with Gasteiger partial charge < -0.3 is 29.2 Å². The lowest BCUT2D eigenvalue weighted by Gasteiger charge is -2.30. The summed E-state index contributed by atoms with van der Waals surface area (Å²) in [5.41, 5.74) is 5.88. The van der Waals surface area contributed by atoms with E-state index in [1.807, 2.05) is 12.1 Å². The molecule has 6 rings (SSSR count). The van der Waals surface area contributed by atoms with Crippen LogP contribution in [0.15, 0.2) is 71.2 Å². The fourth-order valence-electron chi connectivity index (χ4n) is 5.25. The van der Waals surface area contributed by atoms with E-state index in [1.165, 1.54) is 17.8 Å². The van der Waals surface area contributed by atoms with Crippen LogP contribution < -0.4 is 24.4 Å². The first kappa shape index (κ1) is 24.3. The zero-order chi connectivity index (χ0) is 26.1. The van der Waals surface area contributed by atoms with Crippen LogP contribution in [-0.4, -0.2) is 53.0 Å². The van der Waals surface area contributed by atoms with Gasteiger partial charge in [-0.05, 0) is 47.5 Å². The molecule has 3 aromatic rings. The molecular formula is C30H30FN3O4. The van der Waals surface area contributed by atoms with Gasteiger partial charge in [-0.25, -0.2) is 4.39 Å². The smallest absolute Gasteiger partial charge is 0.136 e. The minimum absolute atomic E-state index is 0.244. The number of ether oxygens (including phenoxy) is 4. The summed E-state index contributed by atoms with van der Waals surface area (Å²) in [5.74, 6) is 2.35. The van der Waals surface area contributed by atoms with Crippen molar-refractivity contribution >= 4 is 17.2 Å². The summed E-state index contributed by atoms with van der Waals surface area (Å²) < 4.78 is 36.7. The van der Waals surface area contributed by atoms with Crippen molar-refractivity contribution in [2.75, 3.05) is 52.0 Å². The van der Waals surface area contributed by atoms with E-state index in [0.29, 0.717) is 36.1 Å². The van der Waals surface area contributed by atoms with Gasteiger partial charge in [0.15, 0.2) is 0 Å². The van der Waals surface area contributed by atoms with Crippen molar-refractivity contribution in [1.29, 1.82) is 0 Å². The van der Waals surface area contributed by atoms with E-state index in [0.717, 1.165) is 54.3 Å². The van der Waals surface area contributed by atoms with Crippen LogP contribution in [-0.2, 0) is 4.74 Å². The van der Waals surface area contributed by atoms with E-state index < -0.39 is 0 Å². The Balaban J connectivity index is 1.47. The van der Waals surface area contributed by atoms with Gasteiger partial charge in [0.05, 0.1) is 45.3 Å². The number of halogens is 1. The number of methoxy groups -OCH3 is 2. The van der Waals surface area contributed by atoms with Gasteiger partial charge in [-0.2, -0.15) is 0 Å². The molecule has 3 aliphatic rings. The first-order valence-electron chi connectivity index (χ1n) is 12.8. The molecule has 196 valence electrons. The highest BCUT2D eigenvalue weighted by Gasteiger charge is 2.32. The number of amidine groups is 1. The van der Waals surface area contributed by atoms with Crippen molar-refractivity contribution in [1.82, 2.24) is 5.32 Å². The lowest BCUT2D eigenvalue weighted by atomic mass is 9.90. The molecule has 1 saturated heterocycles. The van der Waals surface area contributed by atoms with Gasteiger partial charge in [0.25, 0.3) is 0 Å². The third-order valence-electron chi connectivity index (χ3n) is 7.23. The van der Waals surface area contributed by atoms with Gasteiger partial charge >= 0.3 is 0 Å². The second-order valence-electron chi connectivity index (χ2n) is 9.40. The number of hydrogen-bond acceptors (Lipinski definition) is 7.